The Morgan fingerprint density at radius 3 is 2.33 bits per heavy atom. The molecule has 1 heterocycles. The van der Waals surface area contributed by atoms with Gasteiger partial charge in [-0.3, -0.25) is 4.79 Å². The molecule has 0 bridgehead atoms. The molecule has 1 N–H and O–H groups in total. The maximum Gasteiger partial charge on any atom is 0.257 e. The molecule has 3 aromatic rings. The van der Waals surface area contributed by atoms with Gasteiger partial charge in [-0.15, -0.1) is 0 Å². The Labute approximate surface area is 157 Å². The van der Waals surface area contributed by atoms with E-state index in [1.807, 2.05) is 24.3 Å². The number of fused-ring (bicyclic) bond motifs is 1. The molecule has 27 heavy (non-hydrogen) atoms. The number of hydrogen-bond donors (Lipinski definition) is 1. The summed E-state index contributed by atoms with van der Waals surface area (Å²) >= 11 is 0. The van der Waals surface area contributed by atoms with Crippen molar-refractivity contribution in [2.24, 2.45) is 0 Å². The van der Waals surface area contributed by atoms with Crippen molar-refractivity contribution >= 4 is 22.4 Å². The van der Waals surface area contributed by atoms with E-state index in [2.05, 4.69) is 4.90 Å². The third-order valence-corrected chi connectivity index (χ3v) is 5.07. The third-order valence-electron chi connectivity index (χ3n) is 5.07. The standard InChI is InChI=1S/C22H21FN2O2/c23-18-6-8-19(9-7-18)24-10-3-11-25(13-12-24)22(27)20-14-16-4-1-2-5-17(16)15-21(20)26/h1-2,4-9,14-15,26H,3,10-13H2. The first-order chi connectivity index (χ1) is 13.1. The normalized spacial score (nSPS) is 15.0. The Kier molecular flexibility index (Phi) is 4.67. The zero-order chi connectivity index (χ0) is 18.8. The van der Waals surface area contributed by atoms with Crippen molar-refractivity contribution in [1.82, 2.24) is 4.90 Å². The number of carbonyl (C=O) groups excluding carboxylic acids is 1. The van der Waals surface area contributed by atoms with Gasteiger partial charge in [0.05, 0.1) is 5.56 Å². The van der Waals surface area contributed by atoms with E-state index >= 15 is 0 Å². The summed E-state index contributed by atoms with van der Waals surface area (Å²) in [5.41, 5.74) is 1.29. The van der Waals surface area contributed by atoms with E-state index in [-0.39, 0.29) is 17.5 Å². The fourth-order valence-electron chi connectivity index (χ4n) is 3.60. The summed E-state index contributed by atoms with van der Waals surface area (Å²) in [4.78, 5) is 16.9. The molecule has 0 saturated carbocycles. The van der Waals surface area contributed by atoms with Crippen LogP contribution in [-0.2, 0) is 0 Å². The first-order valence-electron chi connectivity index (χ1n) is 9.13. The molecule has 1 fully saturated rings. The molecule has 0 aromatic heterocycles. The summed E-state index contributed by atoms with van der Waals surface area (Å²) in [7, 11) is 0. The molecular weight excluding hydrogens is 343 g/mol. The zero-order valence-corrected chi connectivity index (χ0v) is 14.9. The van der Waals surface area contributed by atoms with Crippen molar-refractivity contribution in [2.45, 2.75) is 6.42 Å². The number of rotatable bonds is 2. The fraction of sp³-hybridized carbons (Fsp3) is 0.227. The van der Waals surface area contributed by atoms with E-state index in [4.69, 9.17) is 0 Å². The lowest BCUT2D eigenvalue weighted by Crippen LogP contribution is -2.35. The summed E-state index contributed by atoms with van der Waals surface area (Å²) in [5, 5.41) is 12.2. The Bertz CT molecular complexity index is 972. The van der Waals surface area contributed by atoms with Crippen LogP contribution in [0.2, 0.25) is 0 Å². The second-order valence-electron chi connectivity index (χ2n) is 6.83. The number of amides is 1. The fourth-order valence-corrected chi connectivity index (χ4v) is 3.60. The molecule has 1 saturated heterocycles. The Balaban J connectivity index is 1.53. The van der Waals surface area contributed by atoms with E-state index in [1.165, 1.54) is 12.1 Å². The van der Waals surface area contributed by atoms with Crippen LogP contribution in [0, 0.1) is 5.82 Å². The molecule has 4 nitrogen and oxygen atoms in total. The molecule has 138 valence electrons. The van der Waals surface area contributed by atoms with E-state index in [9.17, 15) is 14.3 Å². The van der Waals surface area contributed by atoms with Gasteiger partial charge in [0.2, 0.25) is 0 Å². The van der Waals surface area contributed by atoms with Gasteiger partial charge in [0.25, 0.3) is 5.91 Å². The lowest BCUT2D eigenvalue weighted by atomic mass is 10.0. The van der Waals surface area contributed by atoms with Crippen molar-refractivity contribution in [1.29, 1.82) is 0 Å². The number of anilines is 1. The average molecular weight is 364 g/mol. The summed E-state index contributed by atoms with van der Waals surface area (Å²) in [5.74, 6) is -0.394. The minimum atomic E-state index is -0.253. The summed E-state index contributed by atoms with van der Waals surface area (Å²) in [6.07, 6.45) is 0.817. The van der Waals surface area contributed by atoms with Crippen LogP contribution in [0.15, 0.2) is 60.7 Å². The molecule has 1 amide bonds. The monoisotopic (exact) mass is 364 g/mol. The summed E-state index contributed by atoms with van der Waals surface area (Å²) in [6, 6.07) is 17.5. The first kappa shape index (κ1) is 17.3. The highest BCUT2D eigenvalue weighted by Crippen LogP contribution is 2.27. The molecule has 3 aromatic carbocycles. The van der Waals surface area contributed by atoms with Crippen molar-refractivity contribution in [3.63, 3.8) is 0 Å². The number of phenols is 1. The van der Waals surface area contributed by atoms with Gasteiger partial charge in [0, 0.05) is 31.9 Å². The first-order valence-corrected chi connectivity index (χ1v) is 9.13. The maximum atomic E-state index is 13.1. The average Bonchev–Trinajstić information content (AvgIpc) is 2.94. The number of phenolic OH excluding ortho intramolecular Hbond substituents is 1. The smallest absolute Gasteiger partial charge is 0.257 e. The van der Waals surface area contributed by atoms with Crippen LogP contribution >= 0.6 is 0 Å². The van der Waals surface area contributed by atoms with Gasteiger partial charge < -0.3 is 14.9 Å². The van der Waals surface area contributed by atoms with Gasteiger partial charge in [-0.25, -0.2) is 4.39 Å². The molecule has 0 unspecified atom stereocenters. The lowest BCUT2D eigenvalue weighted by molar-refractivity contribution is 0.0764. The highest BCUT2D eigenvalue weighted by atomic mass is 19.1. The number of halogens is 1. The van der Waals surface area contributed by atoms with Crippen LogP contribution in [0.25, 0.3) is 10.8 Å². The van der Waals surface area contributed by atoms with Crippen molar-refractivity contribution in [3.05, 3.63) is 72.0 Å². The van der Waals surface area contributed by atoms with Crippen LogP contribution in [0.3, 0.4) is 0 Å². The van der Waals surface area contributed by atoms with Crippen molar-refractivity contribution in [2.75, 3.05) is 31.1 Å². The van der Waals surface area contributed by atoms with Crippen LogP contribution < -0.4 is 4.90 Å². The highest BCUT2D eigenvalue weighted by molar-refractivity contribution is 6.01. The zero-order valence-electron chi connectivity index (χ0n) is 14.9. The molecule has 5 heteroatoms. The van der Waals surface area contributed by atoms with Crippen LogP contribution in [-0.4, -0.2) is 42.1 Å². The number of carbonyl (C=O) groups is 1. The van der Waals surface area contributed by atoms with Gasteiger partial charge in [0.15, 0.2) is 0 Å². The number of aromatic hydroxyl groups is 1. The van der Waals surface area contributed by atoms with Gasteiger partial charge in [-0.2, -0.15) is 0 Å². The minimum Gasteiger partial charge on any atom is -0.507 e. The van der Waals surface area contributed by atoms with Crippen LogP contribution in [0.1, 0.15) is 16.8 Å². The van der Waals surface area contributed by atoms with Crippen molar-refractivity contribution in [3.8, 4) is 5.75 Å². The SMILES string of the molecule is O=C(c1cc2ccccc2cc1O)N1CCCN(c2ccc(F)cc2)CC1. The Morgan fingerprint density at radius 2 is 1.59 bits per heavy atom. The van der Waals surface area contributed by atoms with E-state index < -0.39 is 0 Å². The number of hydrogen-bond acceptors (Lipinski definition) is 3. The lowest BCUT2D eigenvalue weighted by Gasteiger charge is -2.24. The Hall–Kier alpha value is -3.08. The molecule has 1 aliphatic heterocycles. The topological polar surface area (TPSA) is 43.8 Å². The Morgan fingerprint density at radius 1 is 0.889 bits per heavy atom. The van der Waals surface area contributed by atoms with Crippen LogP contribution in [0.4, 0.5) is 10.1 Å². The minimum absolute atomic E-state index is 0.0123. The van der Waals surface area contributed by atoms with E-state index in [1.54, 1.807) is 29.2 Å². The molecular formula is C22H21FN2O2. The van der Waals surface area contributed by atoms with Gasteiger partial charge in [-0.1, -0.05) is 24.3 Å². The quantitative estimate of drug-likeness (QED) is 0.746. The highest BCUT2D eigenvalue weighted by Gasteiger charge is 2.23. The second-order valence-corrected chi connectivity index (χ2v) is 6.83. The molecule has 0 spiro atoms. The van der Waals surface area contributed by atoms with Crippen molar-refractivity contribution < 1.29 is 14.3 Å². The van der Waals surface area contributed by atoms with E-state index in [0.29, 0.717) is 25.2 Å². The second kappa shape index (κ2) is 7.27. The largest absolute Gasteiger partial charge is 0.507 e. The molecule has 0 atom stereocenters. The maximum absolute atomic E-state index is 13.1. The summed E-state index contributed by atoms with van der Waals surface area (Å²) in [6.45, 7) is 2.66. The van der Waals surface area contributed by atoms with Crippen LogP contribution in [0.5, 0.6) is 5.75 Å². The number of nitrogens with zero attached hydrogens (tertiary/aromatic N) is 2. The third kappa shape index (κ3) is 3.58. The molecule has 0 radical (unpaired) electrons. The molecule has 4 rings (SSSR count). The molecule has 1 aliphatic rings. The van der Waals surface area contributed by atoms with E-state index in [0.717, 1.165) is 29.4 Å². The number of benzene rings is 3. The molecule has 0 aliphatic carbocycles. The predicted octanol–water partition coefficient (Wildman–Crippen LogP) is 4.04. The van der Waals surface area contributed by atoms with Gasteiger partial charge >= 0.3 is 0 Å². The summed E-state index contributed by atoms with van der Waals surface area (Å²) < 4.78 is 13.1. The predicted molar refractivity (Wildman–Crippen MR) is 105 cm³/mol. The van der Waals surface area contributed by atoms with Gasteiger partial charge in [0.1, 0.15) is 11.6 Å². The van der Waals surface area contributed by atoms with Gasteiger partial charge in [-0.05, 0) is 53.6 Å².